The van der Waals surface area contributed by atoms with Crippen LogP contribution in [0.5, 0.6) is 0 Å². The maximum absolute atomic E-state index is 13.5. The zero-order chi connectivity index (χ0) is 20.4. The van der Waals surface area contributed by atoms with Crippen LogP contribution in [0.1, 0.15) is 76.6 Å². The number of benzene rings is 1. The number of hydrogen-bond donors (Lipinski definition) is 0. The normalized spacial score (nSPS) is 36.1. The Morgan fingerprint density at radius 1 is 0.759 bits per heavy atom. The molecule has 1 heterocycles. The average molecular weight is 411 g/mol. The molecule has 1 aliphatic heterocycles. The van der Waals surface area contributed by atoms with Gasteiger partial charge in [0.05, 0.1) is 13.2 Å². The summed E-state index contributed by atoms with van der Waals surface area (Å²) in [5.41, 5.74) is 0.199. The monoisotopic (exact) mass is 410 g/mol. The standard InChI is InChI=1S/C24H33F3O2/c1-15-2-4-16(5-3-15)10-17-6-8-18(9-7-17)20-13-28-24(29-14-20)19-11-21(25)23(27)22(26)12-19/h11-12,15-18,20,24H,2-10,13-14H2,1H3. The molecule has 0 atom stereocenters. The van der Waals surface area contributed by atoms with Gasteiger partial charge in [-0.15, -0.1) is 0 Å². The fourth-order valence-electron chi connectivity index (χ4n) is 5.63. The van der Waals surface area contributed by atoms with E-state index in [-0.39, 0.29) is 5.56 Å². The zero-order valence-corrected chi connectivity index (χ0v) is 17.3. The maximum atomic E-state index is 13.5. The molecule has 0 radical (unpaired) electrons. The third kappa shape index (κ3) is 5.16. The van der Waals surface area contributed by atoms with Crippen LogP contribution < -0.4 is 0 Å². The lowest BCUT2D eigenvalue weighted by Gasteiger charge is -2.39. The number of ether oxygens (including phenoxy) is 2. The van der Waals surface area contributed by atoms with Crippen molar-refractivity contribution < 1.29 is 22.6 Å². The van der Waals surface area contributed by atoms with E-state index in [4.69, 9.17) is 9.47 Å². The van der Waals surface area contributed by atoms with Gasteiger partial charge in [0, 0.05) is 11.5 Å². The topological polar surface area (TPSA) is 18.5 Å². The lowest BCUT2D eigenvalue weighted by molar-refractivity contribution is -0.215. The predicted octanol–water partition coefficient (Wildman–Crippen LogP) is 6.79. The molecule has 2 aliphatic carbocycles. The van der Waals surface area contributed by atoms with Crippen LogP contribution in [0, 0.1) is 47.0 Å². The first-order chi connectivity index (χ1) is 14.0. The summed E-state index contributed by atoms with van der Waals surface area (Å²) in [6.07, 6.45) is 11.2. The molecule has 0 bridgehead atoms. The molecule has 0 N–H and O–H groups in total. The SMILES string of the molecule is CC1CCC(CC2CCC(C3COC(c4cc(F)c(F)c(F)c4)OC3)CC2)CC1. The summed E-state index contributed by atoms with van der Waals surface area (Å²) >= 11 is 0. The van der Waals surface area contributed by atoms with Crippen molar-refractivity contribution in [1.29, 1.82) is 0 Å². The van der Waals surface area contributed by atoms with Gasteiger partial charge in [0.2, 0.25) is 0 Å². The van der Waals surface area contributed by atoms with Gasteiger partial charge >= 0.3 is 0 Å². The molecule has 1 saturated heterocycles. The van der Waals surface area contributed by atoms with Crippen LogP contribution in [0.3, 0.4) is 0 Å². The van der Waals surface area contributed by atoms with Crippen LogP contribution in [0.4, 0.5) is 13.2 Å². The summed E-state index contributed by atoms with van der Waals surface area (Å²) in [5, 5.41) is 0. The Morgan fingerprint density at radius 3 is 1.83 bits per heavy atom. The van der Waals surface area contributed by atoms with Crippen molar-refractivity contribution in [2.75, 3.05) is 13.2 Å². The van der Waals surface area contributed by atoms with E-state index in [9.17, 15) is 13.2 Å². The van der Waals surface area contributed by atoms with Gasteiger partial charge in [-0.05, 0) is 55.1 Å². The first kappa shape index (κ1) is 21.2. The quantitative estimate of drug-likeness (QED) is 0.509. The lowest BCUT2D eigenvalue weighted by Crippen LogP contribution is -2.34. The second-order valence-electron chi connectivity index (χ2n) is 9.70. The summed E-state index contributed by atoms with van der Waals surface area (Å²) in [5.74, 6) is -0.223. The van der Waals surface area contributed by atoms with Gasteiger partial charge in [0.15, 0.2) is 23.7 Å². The van der Waals surface area contributed by atoms with E-state index in [1.807, 2.05) is 0 Å². The van der Waals surface area contributed by atoms with E-state index in [1.165, 1.54) is 57.8 Å². The van der Waals surface area contributed by atoms with Gasteiger partial charge in [-0.3, -0.25) is 0 Å². The van der Waals surface area contributed by atoms with Gasteiger partial charge in [0.25, 0.3) is 0 Å². The third-order valence-electron chi connectivity index (χ3n) is 7.56. The molecule has 29 heavy (non-hydrogen) atoms. The van der Waals surface area contributed by atoms with Crippen molar-refractivity contribution >= 4 is 0 Å². The van der Waals surface area contributed by atoms with E-state index >= 15 is 0 Å². The molecule has 162 valence electrons. The summed E-state index contributed by atoms with van der Waals surface area (Å²) in [6.45, 7) is 3.44. The summed E-state index contributed by atoms with van der Waals surface area (Å²) < 4.78 is 51.6. The molecular formula is C24H33F3O2. The molecule has 5 heteroatoms. The Morgan fingerprint density at radius 2 is 1.28 bits per heavy atom. The minimum Gasteiger partial charge on any atom is -0.348 e. The zero-order valence-electron chi connectivity index (χ0n) is 17.3. The molecule has 2 nitrogen and oxygen atoms in total. The number of halogens is 3. The van der Waals surface area contributed by atoms with E-state index < -0.39 is 23.7 Å². The van der Waals surface area contributed by atoms with Crippen molar-refractivity contribution in [2.45, 2.75) is 71.0 Å². The van der Waals surface area contributed by atoms with Crippen molar-refractivity contribution in [2.24, 2.45) is 29.6 Å². The highest BCUT2D eigenvalue weighted by Gasteiger charge is 2.33. The van der Waals surface area contributed by atoms with Crippen molar-refractivity contribution in [1.82, 2.24) is 0 Å². The first-order valence-corrected chi connectivity index (χ1v) is 11.4. The molecule has 0 unspecified atom stereocenters. The highest BCUT2D eigenvalue weighted by molar-refractivity contribution is 5.20. The van der Waals surface area contributed by atoms with Gasteiger partial charge in [-0.2, -0.15) is 0 Å². The van der Waals surface area contributed by atoms with Gasteiger partial charge in [0.1, 0.15) is 0 Å². The maximum Gasteiger partial charge on any atom is 0.194 e. The minimum absolute atomic E-state index is 0.199. The minimum atomic E-state index is -1.46. The molecular weight excluding hydrogens is 377 g/mol. The number of hydrogen-bond acceptors (Lipinski definition) is 2. The molecule has 3 fully saturated rings. The average Bonchev–Trinajstić information content (AvgIpc) is 2.74. The van der Waals surface area contributed by atoms with E-state index in [1.54, 1.807) is 0 Å². The van der Waals surface area contributed by atoms with Crippen LogP contribution in [0.2, 0.25) is 0 Å². The largest absolute Gasteiger partial charge is 0.348 e. The molecule has 0 amide bonds. The molecule has 2 saturated carbocycles. The predicted molar refractivity (Wildman–Crippen MR) is 106 cm³/mol. The van der Waals surface area contributed by atoms with Crippen LogP contribution in [0.15, 0.2) is 12.1 Å². The molecule has 1 aromatic rings. The molecule has 1 aromatic carbocycles. The molecule has 0 aromatic heterocycles. The Hall–Kier alpha value is -1.07. The molecule has 4 rings (SSSR count). The van der Waals surface area contributed by atoms with E-state index in [0.717, 1.165) is 29.9 Å². The van der Waals surface area contributed by atoms with Crippen LogP contribution in [0.25, 0.3) is 0 Å². The lowest BCUT2D eigenvalue weighted by atomic mass is 9.71. The fraction of sp³-hybridized carbons (Fsp3) is 0.750. The van der Waals surface area contributed by atoms with Crippen LogP contribution >= 0.6 is 0 Å². The highest BCUT2D eigenvalue weighted by atomic mass is 19.2. The van der Waals surface area contributed by atoms with E-state index in [2.05, 4.69) is 6.92 Å². The highest BCUT2D eigenvalue weighted by Crippen LogP contribution is 2.41. The molecule has 3 aliphatic rings. The summed E-state index contributed by atoms with van der Waals surface area (Å²) in [6, 6.07) is 1.92. The Balaban J connectivity index is 1.22. The second kappa shape index (κ2) is 9.38. The molecule has 0 spiro atoms. The Labute approximate surface area is 172 Å². The van der Waals surface area contributed by atoms with Gasteiger partial charge < -0.3 is 9.47 Å². The van der Waals surface area contributed by atoms with Gasteiger partial charge in [-0.1, -0.05) is 45.4 Å². The summed E-state index contributed by atoms with van der Waals surface area (Å²) in [4.78, 5) is 0. The number of rotatable bonds is 4. The third-order valence-corrected chi connectivity index (χ3v) is 7.56. The van der Waals surface area contributed by atoms with Crippen LogP contribution in [-0.4, -0.2) is 13.2 Å². The second-order valence-corrected chi connectivity index (χ2v) is 9.70. The first-order valence-electron chi connectivity index (χ1n) is 11.4. The fourth-order valence-corrected chi connectivity index (χ4v) is 5.63. The van der Waals surface area contributed by atoms with Crippen molar-refractivity contribution in [3.8, 4) is 0 Å². The smallest absolute Gasteiger partial charge is 0.194 e. The Kier molecular flexibility index (Phi) is 6.85. The van der Waals surface area contributed by atoms with Crippen LogP contribution in [-0.2, 0) is 9.47 Å². The Bertz CT molecular complexity index is 648. The van der Waals surface area contributed by atoms with Crippen molar-refractivity contribution in [3.63, 3.8) is 0 Å². The summed E-state index contributed by atoms with van der Waals surface area (Å²) in [7, 11) is 0. The van der Waals surface area contributed by atoms with Crippen molar-refractivity contribution in [3.05, 3.63) is 35.1 Å². The van der Waals surface area contributed by atoms with E-state index in [0.29, 0.717) is 25.0 Å². The van der Waals surface area contributed by atoms with Gasteiger partial charge in [-0.25, -0.2) is 13.2 Å².